The highest BCUT2D eigenvalue weighted by Gasteiger charge is 2.32. The third kappa shape index (κ3) is 4.53. The molecule has 0 aliphatic heterocycles. The number of anilines is 1. The van der Waals surface area contributed by atoms with Gasteiger partial charge in [-0.1, -0.05) is 19.9 Å². The maximum Gasteiger partial charge on any atom is 0.359 e. The number of hydrogen-bond donors (Lipinski definition) is 2. The number of hydrogen-bond acceptors (Lipinski definition) is 8. The Morgan fingerprint density at radius 2 is 2.21 bits per heavy atom. The van der Waals surface area contributed by atoms with Crippen LogP contribution in [0.2, 0.25) is 0 Å². The molecule has 0 amide bonds. The Morgan fingerprint density at radius 1 is 1.41 bits per heavy atom. The van der Waals surface area contributed by atoms with Crippen molar-refractivity contribution in [2.75, 3.05) is 11.9 Å². The van der Waals surface area contributed by atoms with Crippen LogP contribution in [0.15, 0.2) is 51.0 Å². The van der Waals surface area contributed by atoms with E-state index in [4.69, 9.17) is 15.0 Å². The summed E-state index contributed by atoms with van der Waals surface area (Å²) in [7, 11) is 0. The van der Waals surface area contributed by atoms with Crippen molar-refractivity contribution in [2.24, 2.45) is 16.4 Å². The number of nitrogens with two attached hydrogens (primary N) is 1. The number of esters is 1. The summed E-state index contributed by atoms with van der Waals surface area (Å²) < 4.78 is 10.6. The molecular weight excluding hydrogens is 372 g/mol. The number of nitrogens with one attached hydrogen (secondary N) is 1. The van der Waals surface area contributed by atoms with Gasteiger partial charge in [0.05, 0.1) is 18.0 Å². The van der Waals surface area contributed by atoms with Crippen molar-refractivity contribution < 1.29 is 13.9 Å². The molecule has 0 saturated carbocycles. The van der Waals surface area contributed by atoms with Crippen LogP contribution in [0, 0.1) is 5.41 Å². The summed E-state index contributed by atoms with van der Waals surface area (Å²) in [4.78, 5) is 29.0. The van der Waals surface area contributed by atoms with Gasteiger partial charge < -0.3 is 20.3 Å². The predicted molar refractivity (Wildman–Crippen MR) is 110 cm³/mol. The molecule has 0 aromatic carbocycles. The molecule has 1 aliphatic carbocycles. The van der Waals surface area contributed by atoms with E-state index in [0.717, 1.165) is 0 Å². The van der Waals surface area contributed by atoms with E-state index >= 15 is 0 Å². The van der Waals surface area contributed by atoms with Crippen LogP contribution in [0.25, 0.3) is 5.57 Å². The van der Waals surface area contributed by atoms with Crippen molar-refractivity contribution in [2.45, 2.75) is 33.6 Å². The highest BCUT2D eigenvalue weighted by molar-refractivity contribution is 6.16. The van der Waals surface area contributed by atoms with Gasteiger partial charge in [-0.15, -0.1) is 0 Å². The molecular formula is C21H24N4O4. The van der Waals surface area contributed by atoms with Crippen molar-refractivity contribution in [3.8, 4) is 0 Å². The number of ether oxygens (including phenoxy) is 1. The molecule has 0 spiro atoms. The number of rotatable bonds is 5. The Bertz CT molecular complexity index is 1020. The lowest BCUT2D eigenvalue weighted by Crippen LogP contribution is -2.29. The maximum absolute atomic E-state index is 12.5. The maximum atomic E-state index is 12.5. The van der Waals surface area contributed by atoms with Crippen molar-refractivity contribution in [3.05, 3.63) is 64.1 Å². The number of fused-ring (bicyclic) bond motifs is 1. The molecule has 0 fully saturated rings. The van der Waals surface area contributed by atoms with Gasteiger partial charge in [0.15, 0.2) is 0 Å². The molecule has 29 heavy (non-hydrogen) atoms. The van der Waals surface area contributed by atoms with Gasteiger partial charge >= 0.3 is 11.6 Å². The molecule has 0 saturated heterocycles. The van der Waals surface area contributed by atoms with E-state index in [1.165, 1.54) is 6.20 Å². The molecule has 1 aliphatic rings. The Morgan fingerprint density at radius 3 is 2.86 bits per heavy atom. The van der Waals surface area contributed by atoms with E-state index in [9.17, 15) is 9.59 Å². The summed E-state index contributed by atoms with van der Waals surface area (Å²) in [6, 6.07) is 6.84. The number of aromatic nitrogens is 1. The minimum atomic E-state index is -0.549. The largest absolute Gasteiger partial charge is 0.462 e. The average molecular weight is 396 g/mol. The highest BCUT2D eigenvalue weighted by Crippen LogP contribution is 2.35. The zero-order valence-corrected chi connectivity index (χ0v) is 16.7. The zero-order valence-electron chi connectivity index (χ0n) is 16.7. The molecule has 0 radical (unpaired) electrons. The van der Waals surface area contributed by atoms with Crippen LogP contribution in [-0.4, -0.2) is 23.3 Å². The second kappa shape index (κ2) is 8.30. The molecule has 3 N–H and O–H groups in total. The second-order valence-corrected chi connectivity index (χ2v) is 7.52. The minimum Gasteiger partial charge on any atom is -0.462 e. The summed E-state index contributed by atoms with van der Waals surface area (Å²) in [5, 5.41) is 6.74. The third-order valence-electron chi connectivity index (χ3n) is 4.58. The Labute approximate surface area is 168 Å². The first-order valence-electron chi connectivity index (χ1n) is 9.34. The highest BCUT2D eigenvalue weighted by atomic mass is 16.5. The van der Waals surface area contributed by atoms with Gasteiger partial charge in [-0.05, 0) is 37.0 Å². The number of hydrazone groups is 1. The van der Waals surface area contributed by atoms with Crippen LogP contribution in [0.5, 0.6) is 0 Å². The topological polar surface area (TPSA) is 120 Å². The summed E-state index contributed by atoms with van der Waals surface area (Å²) in [6.07, 6.45) is 4.24. The zero-order chi connectivity index (χ0) is 21.0. The van der Waals surface area contributed by atoms with Crippen molar-refractivity contribution in [3.63, 3.8) is 0 Å². The molecule has 0 unspecified atom stereocenters. The van der Waals surface area contributed by atoms with Crippen LogP contribution in [-0.2, 0) is 16.0 Å². The number of nitrogens with zero attached hydrogens (tertiary/aromatic N) is 2. The minimum absolute atomic E-state index is 0.105. The fourth-order valence-electron chi connectivity index (χ4n) is 3.26. The van der Waals surface area contributed by atoms with Gasteiger partial charge in [0.2, 0.25) is 0 Å². The molecule has 8 heteroatoms. The van der Waals surface area contributed by atoms with Crippen LogP contribution in [0.3, 0.4) is 0 Å². The molecule has 152 valence electrons. The molecule has 8 nitrogen and oxygen atoms in total. The van der Waals surface area contributed by atoms with E-state index < -0.39 is 11.6 Å². The van der Waals surface area contributed by atoms with Crippen LogP contribution >= 0.6 is 0 Å². The molecule has 2 aromatic heterocycles. The number of carbonyl (C=O) groups excluding carboxylic acids is 1. The first-order valence-corrected chi connectivity index (χ1v) is 9.34. The number of carbonyl (C=O) groups is 1. The Hall–Kier alpha value is -3.42. The first kappa shape index (κ1) is 20.3. The first-order chi connectivity index (χ1) is 13.8. The molecule has 0 bridgehead atoms. The van der Waals surface area contributed by atoms with Gasteiger partial charge in [-0.25, -0.2) is 9.59 Å². The van der Waals surface area contributed by atoms with E-state index in [0.29, 0.717) is 35.6 Å². The number of pyridine rings is 1. The Kier molecular flexibility index (Phi) is 5.81. The molecule has 3 rings (SSSR count). The van der Waals surface area contributed by atoms with Crippen molar-refractivity contribution in [1.29, 1.82) is 0 Å². The van der Waals surface area contributed by atoms with Gasteiger partial charge in [0, 0.05) is 24.4 Å². The smallest absolute Gasteiger partial charge is 0.359 e. The molecule has 2 aromatic rings. The predicted octanol–water partition coefficient (Wildman–Crippen LogP) is 2.69. The standard InChI is InChI=1S/C21H24N4O4/c1-4-28-19(26)14(15-7-5-6-8-23-15)12-24-16-9-13-17(25-22)10-21(2,3)11-18(13)29-20(16)27/h5-9,12,24H,4,10-11,22H2,1-3H3/b14-12+,25-17+. The average Bonchev–Trinajstić information content (AvgIpc) is 2.68. The fourth-order valence-corrected chi connectivity index (χ4v) is 3.26. The lowest BCUT2D eigenvalue weighted by Gasteiger charge is -2.30. The van der Waals surface area contributed by atoms with E-state index in [2.05, 4.69) is 29.2 Å². The lowest BCUT2D eigenvalue weighted by atomic mass is 9.76. The molecule has 2 heterocycles. The summed E-state index contributed by atoms with van der Waals surface area (Å²) >= 11 is 0. The van der Waals surface area contributed by atoms with Crippen molar-refractivity contribution in [1.82, 2.24) is 4.98 Å². The van der Waals surface area contributed by atoms with Crippen LogP contribution in [0.4, 0.5) is 5.69 Å². The lowest BCUT2D eigenvalue weighted by molar-refractivity contribution is -0.136. The van der Waals surface area contributed by atoms with Crippen LogP contribution in [0.1, 0.15) is 44.2 Å². The monoisotopic (exact) mass is 396 g/mol. The summed E-state index contributed by atoms with van der Waals surface area (Å²) in [5.41, 5.74) is 1.50. The normalized spacial score (nSPS) is 16.9. The second-order valence-electron chi connectivity index (χ2n) is 7.52. The van der Waals surface area contributed by atoms with Crippen LogP contribution < -0.4 is 16.8 Å². The van der Waals surface area contributed by atoms with E-state index in [1.54, 1.807) is 37.4 Å². The third-order valence-corrected chi connectivity index (χ3v) is 4.58. The summed E-state index contributed by atoms with van der Waals surface area (Å²) in [5.74, 6) is 5.57. The van der Waals surface area contributed by atoms with Gasteiger partial charge in [-0.2, -0.15) is 5.10 Å². The van der Waals surface area contributed by atoms with E-state index in [-0.39, 0.29) is 23.3 Å². The quantitative estimate of drug-likeness (QED) is 0.345. The van der Waals surface area contributed by atoms with Crippen molar-refractivity contribution >= 4 is 22.9 Å². The van der Waals surface area contributed by atoms with Gasteiger partial charge in [0.25, 0.3) is 0 Å². The van der Waals surface area contributed by atoms with Gasteiger partial charge in [0.1, 0.15) is 17.0 Å². The van der Waals surface area contributed by atoms with Gasteiger partial charge in [-0.3, -0.25) is 4.98 Å². The van der Waals surface area contributed by atoms with E-state index in [1.807, 2.05) is 0 Å². The molecule has 0 atom stereocenters. The summed E-state index contributed by atoms with van der Waals surface area (Å²) in [6.45, 7) is 6.06. The SMILES string of the molecule is CCOC(=O)/C(=C/Nc1cc2c(oc1=O)CC(C)(C)C/C2=N\N)c1ccccn1. The Balaban J connectivity index is 1.99. The fraction of sp³-hybridized carbons (Fsp3) is 0.333.